The average molecular weight is 506 g/mol. The Hall–Kier alpha value is -2.69. The van der Waals surface area contributed by atoms with Crippen molar-refractivity contribution < 1.29 is 27.5 Å². The van der Waals surface area contributed by atoms with Crippen LogP contribution in [0.15, 0.2) is 42.0 Å². The van der Waals surface area contributed by atoms with E-state index in [4.69, 9.17) is 9.47 Å². The number of nitrogens with one attached hydrogen (secondary N) is 1. The first kappa shape index (κ1) is 26.9. The summed E-state index contributed by atoms with van der Waals surface area (Å²) in [6.07, 6.45) is 6.21. The number of sulfone groups is 1. The van der Waals surface area contributed by atoms with E-state index in [1.807, 2.05) is 38.1 Å². The van der Waals surface area contributed by atoms with Crippen LogP contribution in [0.3, 0.4) is 0 Å². The van der Waals surface area contributed by atoms with Gasteiger partial charge in [0.15, 0.2) is 0 Å². The number of rotatable bonds is 8. The fourth-order valence-electron chi connectivity index (χ4n) is 4.59. The van der Waals surface area contributed by atoms with Crippen molar-refractivity contribution >= 4 is 27.5 Å². The first-order chi connectivity index (χ1) is 16.3. The van der Waals surface area contributed by atoms with Crippen LogP contribution in [0.4, 0.5) is 10.5 Å². The molecule has 3 rings (SSSR count). The molecule has 9 nitrogen and oxygen atoms in total. The van der Waals surface area contributed by atoms with Crippen LogP contribution in [-0.4, -0.2) is 87.2 Å². The van der Waals surface area contributed by atoms with Crippen molar-refractivity contribution in [2.75, 3.05) is 45.1 Å². The number of carbonyl (C=O) groups excluding carboxylic acids is 2. The fourth-order valence-corrected chi connectivity index (χ4v) is 5.93. The molecule has 0 spiro atoms. The van der Waals surface area contributed by atoms with E-state index in [1.165, 1.54) is 4.90 Å². The average Bonchev–Trinajstić information content (AvgIpc) is 3.12. The molecule has 2 aliphatic rings. The molecule has 1 aliphatic carbocycles. The summed E-state index contributed by atoms with van der Waals surface area (Å²) in [5, 5.41) is 2.77. The smallest absolute Gasteiger partial charge is 0.321 e. The molecule has 3 amide bonds. The molecule has 1 aliphatic heterocycles. The van der Waals surface area contributed by atoms with Gasteiger partial charge in [0, 0.05) is 40.6 Å². The van der Waals surface area contributed by atoms with E-state index in [-0.39, 0.29) is 24.2 Å². The molecule has 0 saturated heterocycles. The third-order valence-electron chi connectivity index (χ3n) is 6.62. The highest BCUT2D eigenvalue weighted by Crippen LogP contribution is 2.40. The predicted molar refractivity (Wildman–Crippen MR) is 135 cm³/mol. The van der Waals surface area contributed by atoms with E-state index in [2.05, 4.69) is 5.32 Å². The largest absolute Gasteiger partial charge is 0.371 e. The maximum Gasteiger partial charge on any atom is 0.321 e. The second kappa shape index (κ2) is 9.75. The summed E-state index contributed by atoms with van der Waals surface area (Å²) in [5.41, 5.74) is 0.208. The minimum absolute atomic E-state index is 0.206. The molecule has 0 aromatic heterocycles. The van der Waals surface area contributed by atoms with Gasteiger partial charge in [-0.1, -0.05) is 18.2 Å². The lowest BCUT2D eigenvalue weighted by molar-refractivity contribution is -0.0687. The van der Waals surface area contributed by atoms with Crippen LogP contribution in [-0.2, 0) is 25.9 Å². The number of nitrogens with zero attached hydrogens (tertiary/aromatic N) is 2. The number of benzene rings is 1. The van der Waals surface area contributed by atoms with Gasteiger partial charge in [-0.2, -0.15) is 0 Å². The van der Waals surface area contributed by atoms with Gasteiger partial charge in [-0.25, -0.2) is 13.2 Å². The molecule has 10 heteroatoms. The van der Waals surface area contributed by atoms with Gasteiger partial charge in [-0.05, 0) is 50.1 Å². The summed E-state index contributed by atoms with van der Waals surface area (Å²) < 4.78 is 36.8. The van der Waals surface area contributed by atoms with Crippen molar-refractivity contribution in [1.29, 1.82) is 0 Å². The Labute approximate surface area is 207 Å². The molecule has 0 radical (unpaired) electrons. The van der Waals surface area contributed by atoms with Gasteiger partial charge in [0.1, 0.15) is 21.5 Å². The molecule has 1 heterocycles. The zero-order valence-electron chi connectivity index (χ0n) is 21.4. The van der Waals surface area contributed by atoms with E-state index in [0.717, 1.165) is 11.8 Å². The molecule has 2 unspecified atom stereocenters. The number of amides is 3. The Bertz CT molecular complexity index is 1180. The van der Waals surface area contributed by atoms with Gasteiger partial charge in [0.25, 0.3) is 5.91 Å². The lowest BCUT2D eigenvalue weighted by Gasteiger charge is -2.43. The molecule has 1 aromatic carbocycles. The zero-order valence-corrected chi connectivity index (χ0v) is 22.2. The highest BCUT2D eigenvalue weighted by molar-refractivity contribution is 7.90. The summed E-state index contributed by atoms with van der Waals surface area (Å²) in [6.45, 7) is 6.17. The minimum Gasteiger partial charge on any atom is -0.371 e. The molecule has 3 atom stereocenters. The first-order valence-corrected chi connectivity index (χ1v) is 13.5. The van der Waals surface area contributed by atoms with E-state index in [0.29, 0.717) is 23.4 Å². The number of fused-ring (bicyclic) bond motifs is 1. The standard InChI is InChI=1S/C25H35N3O6S/c1-8-34-20-14-18(12-13-25(20,3)33-6)24(2,16-35(7,31)32)28-15-17-10-9-11-19(21(17)22(28)29)26-23(30)27(4)5/h9-14,20H,8,15-16H2,1-7H3,(H,26,30)/t20?,24-,25?/m1/s1. The third kappa shape index (κ3) is 5.29. The maximum absolute atomic E-state index is 13.8. The summed E-state index contributed by atoms with van der Waals surface area (Å²) in [7, 11) is 1.31. The Morgan fingerprint density at radius 1 is 1.34 bits per heavy atom. The Morgan fingerprint density at radius 2 is 2.03 bits per heavy atom. The normalized spacial score (nSPS) is 23.5. The number of carbonyl (C=O) groups is 2. The van der Waals surface area contributed by atoms with E-state index in [1.54, 1.807) is 45.2 Å². The molecule has 35 heavy (non-hydrogen) atoms. The molecule has 1 N–H and O–H groups in total. The monoisotopic (exact) mass is 505 g/mol. The zero-order chi connectivity index (χ0) is 26.2. The molecule has 192 valence electrons. The predicted octanol–water partition coefficient (Wildman–Crippen LogP) is 2.85. The van der Waals surface area contributed by atoms with Crippen molar-refractivity contribution in [3.8, 4) is 0 Å². The Balaban J connectivity index is 2.08. The quantitative estimate of drug-likeness (QED) is 0.583. The second-order valence-electron chi connectivity index (χ2n) is 9.62. The first-order valence-electron chi connectivity index (χ1n) is 11.4. The van der Waals surface area contributed by atoms with Gasteiger partial charge >= 0.3 is 6.03 Å². The topological polar surface area (TPSA) is 105 Å². The van der Waals surface area contributed by atoms with Crippen LogP contribution in [0, 0.1) is 0 Å². The van der Waals surface area contributed by atoms with Crippen molar-refractivity contribution in [2.24, 2.45) is 0 Å². The van der Waals surface area contributed by atoms with Crippen molar-refractivity contribution in [1.82, 2.24) is 9.80 Å². The van der Waals surface area contributed by atoms with E-state index >= 15 is 0 Å². The molecule has 0 fully saturated rings. The van der Waals surface area contributed by atoms with Gasteiger partial charge in [0.2, 0.25) is 0 Å². The van der Waals surface area contributed by atoms with Crippen LogP contribution in [0.1, 0.15) is 36.7 Å². The summed E-state index contributed by atoms with van der Waals surface area (Å²) in [6, 6.07) is 4.89. The number of urea groups is 1. The molecule has 0 bridgehead atoms. The van der Waals surface area contributed by atoms with E-state index in [9.17, 15) is 18.0 Å². The summed E-state index contributed by atoms with van der Waals surface area (Å²) in [5.74, 6) is -0.624. The number of hydrogen-bond acceptors (Lipinski definition) is 6. The van der Waals surface area contributed by atoms with Gasteiger partial charge < -0.3 is 24.6 Å². The highest BCUT2D eigenvalue weighted by atomic mass is 32.2. The lowest BCUT2D eigenvalue weighted by atomic mass is 9.82. The number of methoxy groups -OCH3 is 1. The second-order valence-corrected chi connectivity index (χ2v) is 11.8. The molecular formula is C25H35N3O6S. The van der Waals surface area contributed by atoms with Crippen LogP contribution >= 0.6 is 0 Å². The van der Waals surface area contributed by atoms with Crippen molar-refractivity contribution in [2.45, 2.75) is 44.6 Å². The SMILES string of the molecule is CCOC1C=C([C@@](C)(CS(C)(=O)=O)N2Cc3cccc(NC(=O)N(C)C)c3C2=O)C=CC1(C)OC. The Kier molecular flexibility index (Phi) is 7.50. The van der Waals surface area contributed by atoms with Crippen LogP contribution in [0.2, 0.25) is 0 Å². The summed E-state index contributed by atoms with van der Waals surface area (Å²) in [4.78, 5) is 29.0. The fraction of sp³-hybridized carbons (Fsp3) is 0.520. The maximum atomic E-state index is 13.8. The van der Waals surface area contributed by atoms with Crippen molar-refractivity contribution in [3.63, 3.8) is 0 Å². The minimum atomic E-state index is -3.50. The highest BCUT2D eigenvalue weighted by Gasteiger charge is 2.47. The Morgan fingerprint density at radius 3 is 2.60 bits per heavy atom. The number of ether oxygens (including phenoxy) is 2. The number of hydrogen-bond donors (Lipinski definition) is 1. The summed E-state index contributed by atoms with van der Waals surface area (Å²) >= 11 is 0. The molecular weight excluding hydrogens is 470 g/mol. The lowest BCUT2D eigenvalue weighted by Crippen LogP contribution is -2.54. The van der Waals surface area contributed by atoms with Gasteiger partial charge in [-0.15, -0.1) is 0 Å². The third-order valence-corrected chi connectivity index (χ3v) is 7.71. The molecule has 0 saturated carbocycles. The van der Waals surface area contributed by atoms with Crippen LogP contribution in [0.5, 0.6) is 0 Å². The van der Waals surface area contributed by atoms with Crippen LogP contribution < -0.4 is 5.32 Å². The molecule has 1 aromatic rings. The van der Waals surface area contributed by atoms with Crippen LogP contribution in [0.25, 0.3) is 0 Å². The number of anilines is 1. The van der Waals surface area contributed by atoms with E-state index < -0.39 is 27.1 Å². The van der Waals surface area contributed by atoms with Gasteiger partial charge in [0.05, 0.1) is 22.5 Å². The van der Waals surface area contributed by atoms with Crippen molar-refractivity contribution in [3.05, 3.63) is 53.1 Å². The van der Waals surface area contributed by atoms with Gasteiger partial charge in [-0.3, -0.25) is 4.79 Å².